The minimum atomic E-state index is 0.151. The molecule has 5 heteroatoms. The molecule has 0 bridgehead atoms. The van der Waals surface area contributed by atoms with Crippen molar-refractivity contribution in [2.24, 2.45) is 5.73 Å². The van der Waals surface area contributed by atoms with Crippen LogP contribution in [0, 0.1) is 0 Å². The minimum Gasteiger partial charge on any atom is -0.327 e. The lowest BCUT2D eigenvalue weighted by atomic mass is 10.1. The van der Waals surface area contributed by atoms with Crippen LogP contribution in [-0.2, 0) is 12.8 Å². The summed E-state index contributed by atoms with van der Waals surface area (Å²) in [6.07, 6.45) is 5.87. The molecule has 2 N–H and O–H groups in total. The van der Waals surface area contributed by atoms with E-state index >= 15 is 0 Å². The Labute approximate surface area is 108 Å². The fourth-order valence-electron chi connectivity index (χ4n) is 1.90. The molecule has 3 rings (SSSR count). The Hall–Kier alpha value is -1.17. The summed E-state index contributed by atoms with van der Waals surface area (Å²) in [5, 5.41) is 4.13. The van der Waals surface area contributed by atoms with Crippen LogP contribution in [0.5, 0.6) is 0 Å². The number of aromatic nitrogens is 2. The number of nitrogens with two attached hydrogens (primary N) is 1. The molecule has 0 radical (unpaired) electrons. The van der Waals surface area contributed by atoms with Gasteiger partial charge in [0.1, 0.15) is 0 Å². The Kier molecular flexibility index (Phi) is 2.96. The van der Waals surface area contributed by atoms with Crippen molar-refractivity contribution in [1.29, 1.82) is 0 Å². The molecular formula is C12H13N3S2. The molecule has 0 saturated carbocycles. The molecule has 0 aliphatic rings. The van der Waals surface area contributed by atoms with Crippen molar-refractivity contribution >= 4 is 27.6 Å². The second kappa shape index (κ2) is 4.60. The maximum Gasteiger partial charge on any atom is 0.193 e. The molecular weight excluding hydrogens is 250 g/mol. The van der Waals surface area contributed by atoms with Gasteiger partial charge in [-0.1, -0.05) is 6.07 Å². The van der Waals surface area contributed by atoms with E-state index in [1.807, 2.05) is 11.6 Å². The van der Waals surface area contributed by atoms with E-state index < -0.39 is 0 Å². The average molecular weight is 263 g/mol. The molecule has 3 aromatic rings. The highest BCUT2D eigenvalue weighted by Crippen LogP contribution is 2.15. The summed E-state index contributed by atoms with van der Waals surface area (Å²) < 4.78 is 2.05. The number of fused-ring (bicyclic) bond motifs is 1. The molecule has 1 unspecified atom stereocenters. The monoisotopic (exact) mass is 263 g/mol. The summed E-state index contributed by atoms with van der Waals surface area (Å²) in [6, 6.07) is 4.36. The Balaban J connectivity index is 1.68. The maximum absolute atomic E-state index is 6.15. The maximum atomic E-state index is 6.15. The fourth-order valence-corrected chi connectivity index (χ4v) is 3.42. The van der Waals surface area contributed by atoms with Crippen LogP contribution < -0.4 is 5.73 Å². The number of thiophene rings is 1. The Bertz CT molecular complexity index is 566. The molecule has 0 aliphatic heterocycles. The summed E-state index contributed by atoms with van der Waals surface area (Å²) in [5.74, 6) is 0. The number of rotatable bonds is 4. The molecule has 3 aromatic heterocycles. The Morgan fingerprint density at radius 3 is 3.00 bits per heavy atom. The first-order chi connectivity index (χ1) is 8.31. The smallest absolute Gasteiger partial charge is 0.193 e. The number of nitrogens with zero attached hydrogens (tertiary/aromatic N) is 2. The molecule has 88 valence electrons. The Morgan fingerprint density at radius 2 is 2.24 bits per heavy atom. The lowest BCUT2D eigenvalue weighted by molar-refractivity contribution is 0.662. The summed E-state index contributed by atoms with van der Waals surface area (Å²) in [5.41, 5.74) is 7.23. The molecule has 0 fully saturated rings. The molecule has 3 nitrogen and oxygen atoms in total. The largest absolute Gasteiger partial charge is 0.327 e. The summed E-state index contributed by atoms with van der Waals surface area (Å²) in [7, 11) is 0. The number of hydrogen-bond donors (Lipinski definition) is 1. The van der Waals surface area contributed by atoms with Crippen molar-refractivity contribution in [1.82, 2.24) is 9.38 Å². The van der Waals surface area contributed by atoms with E-state index in [1.165, 1.54) is 4.88 Å². The SMILES string of the molecule is NC(Cc1cn2ccsc2n1)Cc1cccs1. The van der Waals surface area contributed by atoms with E-state index in [-0.39, 0.29) is 6.04 Å². The minimum absolute atomic E-state index is 0.151. The van der Waals surface area contributed by atoms with Crippen LogP contribution in [0.2, 0.25) is 0 Å². The van der Waals surface area contributed by atoms with Gasteiger partial charge in [-0.15, -0.1) is 22.7 Å². The van der Waals surface area contributed by atoms with Gasteiger partial charge in [-0.25, -0.2) is 4.98 Å². The molecule has 17 heavy (non-hydrogen) atoms. The summed E-state index contributed by atoms with van der Waals surface area (Å²) in [6.45, 7) is 0. The van der Waals surface area contributed by atoms with Crippen molar-refractivity contribution in [2.45, 2.75) is 18.9 Å². The van der Waals surface area contributed by atoms with Crippen molar-refractivity contribution < 1.29 is 0 Å². The van der Waals surface area contributed by atoms with Crippen molar-refractivity contribution in [3.05, 3.63) is 45.9 Å². The van der Waals surface area contributed by atoms with Gasteiger partial charge in [-0.05, 0) is 17.9 Å². The predicted molar refractivity (Wildman–Crippen MR) is 72.8 cm³/mol. The first-order valence-corrected chi connectivity index (χ1v) is 7.26. The van der Waals surface area contributed by atoms with Crippen molar-refractivity contribution in [2.75, 3.05) is 0 Å². The van der Waals surface area contributed by atoms with E-state index in [9.17, 15) is 0 Å². The van der Waals surface area contributed by atoms with Gasteiger partial charge in [0.25, 0.3) is 0 Å². The fraction of sp³-hybridized carbons (Fsp3) is 0.250. The number of imidazole rings is 1. The first kappa shape index (κ1) is 11.0. The van der Waals surface area contributed by atoms with Gasteiger partial charge in [0.2, 0.25) is 0 Å². The third kappa shape index (κ3) is 2.41. The highest BCUT2D eigenvalue weighted by Gasteiger charge is 2.09. The van der Waals surface area contributed by atoms with E-state index in [2.05, 4.69) is 33.1 Å². The predicted octanol–water partition coefficient (Wildman–Crippen LogP) is 2.57. The molecule has 0 saturated heterocycles. The summed E-state index contributed by atoms with van der Waals surface area (Å²) in [4.78, 5) is 6.94. The van der Waals surface area contributed by atoms with Gasteiger partial charge < -0.3 is 5.73 Å². The van der Waals surface area contributed by atoms with Gasteiger partial charge in [0, 0.05) is 35.1 Å². The van der Waals surface area contributed by atoms with E-state index in [4.69, 9.17) is 5.73 Å². The lowest BCUT2D eigenvalue weighted by Gasteiger charge is -2.07. The van der Waals surface area contributed by atoms with E-state index in [0.29, 0.717) is 0 Å². The van der Waals surface area contributed by atoms with Gasteiger partial charge in [-0.2, -0.15) is 0 Å². The second-order valence-corrected chi connectivity index (χ2v) is 5.98. The molecule has 0 amide bonds. The zero-order chi connectivity index (χ0) is 11.7. The highest BCUT2D eigenvalue weighted by molar-refractivity contribution is 7.15. The molecule has 0 aliphatic carbocycles. The van der Waals surface area contributed by atoms with Crippen molar-refractivity contribution in [3.8, 4) is 0 Å². The molecule has 3 heterocycles. The highest BCUT2D eigenvalue weighted by atomic mass is 32.1. The standard InChI is InChI=1S/C12H13N3S2/c13-9(7-11-2-1-4-16-11)6-10-8-15-3-5-17-12(15)14-10/h1-5,8-9H,6-7,13H2. The number of hydrogen-bond acceptors (Lipinski definition) is 4. The van der Waals surface area contributed by atoms with Crippen LogP contribution in [0.3, 0.4) is 0 Å². The Morgan fingerprint density at radius 1 is 1.29 bits per heavy atom. The second-order valence-electron chi connectivity index (χ2n) is 4.07. The van der Waals surface area contributed by atoms with Crippen LogP contribution in [0.1, 0.15) is 10.6 Å². The van der Waals surface area contributed by atoms with Crippen LogP contribution in [0.15, 0.2) is 35.3 Å². The third-order valence-electron chi connectivity index (χ3n) is 2.66. The van der Waals surface area contributed by atoms with Crippen LogP contribution in [-0.4, -0.2) is 15.4 Å². The molecule has 0 spiro atoms. The average Bonchev–Trinajstić information content (AvgIpc) is 2.92. The zero-order valence-electron chi connectivity index (χ0n) is 9.24. The molecule has 1 atom stereocenters. The van der Waals surface area contributed by atoms with Gasteiger partial charge in [0.15, 0.2) is 4.96 Å². The zero-order valence-corrected chi connectivity index (χ0v) is 10.9. The molecule has 0 aromatic carbocycles. The topological polar surface area (TPSA) is 43.3 Å². The van der Waals surface area contributed by atoms with Gasteiger partial charge >= 0.3 is 0 Å². The lowest BCUT2D eigenvalue weighted by Crippen LogP contribution is -2.25. The quantitative estimate of drug-likeness (QED) is 0.786. The normalized spacial score (nSPS) is 13.2. The van der Waals surface area contributed by atoms with E-state index in [1.54, 1.807) is 22.7 Å². The van der Waals surface area contributed by atoms with Crippen LogP contribution >= 0.6 is 22.7 Å². The van der Waals surface area contributed by atoms with Gasteiger partial charge in [-0.3, -0.25) is 4.40 Å². The van der Waals surface area contributed by atoms with Crippen LogP contribution in [0.25, 0.3) is 4.96 Å². The van der Waals surface area contributed by atoms with Crippen LogP contribution in [0.4, 0.5) is 0 Å². The van der Waals surface area contributed by atoms with Crippen molar-refractivity contribution in [3.63, 3.8) is 0 Å². The first-order valence-electron chi connectivity index (χ1n) is 5.50. The van der Waals surface area contributed by atoms with E-state index in [0.717, 1.165) is 23.5 Å². The third-order valence-corrected chi connectivity index (χ3v) is 4.33. The number of thiazole rings is 1. The summed E-state index contributed by atoms with van der Waals surface area (Å²) >= 11 is 3.42. The van der Waals surface area contributed by atoms with Gasteiger partial charge in [0.05, 0.1) is 5.69 Å².